The highest BCUT2D eigenvalue weighted by Crippen LogP contribution is 2.29. The minimum atomic E-state index is -0.0218. The lowest BCUT2D eigenvalue weighted by Crippen LogP contribution is -2.38. The van der Waals surface area contributed by atoms with Crippen molar-refractivity contribution in [3.8, 4) is 0 Å². The smallest absolute Gasteiger partial charge is 0.251 e. The first-order chi connectivity index (χ1) is 14.2. The molecule has 0 radical (unpaired) electrons. The van der Waals surface area contributed by atoms with E-state index >= 15 is 0 Å². The molecule has 0 aliphatic carbocycles. The maximum atomic E-state index is 12.2. The van der Waals surface area contributed by atoms with Crippen molar-refractivity contribution in [1.29, 1.82) is 0 Å². The van der Waals surface area contributed by atoms with E-state index in [2.05, 4.69) is 52.3 Å². The average Bonchev–Trinajstić information content (AvgIpc) is 2.75. The summed E-state index contributed by atoms with van der Waals surface area (Å²) in [6.45, 7) is 4.07. The number of nitrogens with one attached hydrogen (secondary N) is 1. The van der Waals surface area contributed by atoms with Crippen LogP contribution in [0.3, 0.4) is 0 Å². The Labute approximate surface area is 172 Å². The van der Waals surface area contributed by atoms with Crippen LogP contribution in [0.15, 0.2) is 59.4 Å². The number of hydrogen-bond acceptors (Lipinski definition) is 3. The normalized spacial score (nSPS) is 16.9. The molecule has 1 unspecified atom stereocenters. The maximum Gasteiger partial charge on any atom is 0.251 e. The summed E-state index contributed by atoms with van der Waals surface area (Å²) in [7, 11) is 0. The molecule has 2 aromatic carbocycles. The van der Waals surface area contributed by atoms with Gasteiger partial charge >= 0.3 is 0 Å². The Morgan fingerprint density at radius 3 is 2.55 bits per heavy atom. The molecule has 3 aromatic rings. The molecule has 2 heterocycles. The van der Waals surface area contributed by atoms with E-state index in [9.17, 15) is 9.90 Å². The van der Waals surface area contributed by atoms with E-state index in [0.717, 1.165) is 60.8 Å². The van der Waals surface area contributed by atoms with Gasteiger partial charge in [0.1, 0.15) is 0 Å². The van der Waals surface area contributed by atoms with Crippen molar-refractivity contribution < 1.29 is 5.11 Å². The molecule has 1 aromatic heterocycles. The molecule has 1 aliphatic rings. The van der Waals surface area contributed by atoms with Crippen molar-refractivity contribution >= 4 is 10.9 Å². The number of nitrogens with zero attached hydrogens (tertiary/aromatic N) is 1. The first kappa shape index (κ1) is 19.9. The zero-order valence-electron chi connectivity index (χ0n) is 17.1. The van der Waals surface area contributed by atoms with Crippen LogP contribution in [0.5, 0.6) is 0 Å². The van der Waals surface area contributed by atoms with Gasteiger partial charge < -0.3 is 10.1 Å². The number of aryl methyl sites for hydroxylation is 1. The van der Waals surface area contributed by atoms with Crippen LogP contribution >= 0.6 is 0 Å². The molecule has 0 saturated carbocycles. The summed E-state index contributed by atoms with van der Waals surface area (Å²) in [5.74, 6) is 0.702. The van der Waals surface area contributed by atoms with Gasteiger partial charge in [-0.3, -0.25) is 9.69 Å². The summed E-state index contributed by atoms with van der Waals surface area (Å²) in [4.78, 5) is 17.6. The number of aromatic nitrogens is 1. The van der Waals surface area contributed by atoms with Gasteiger partial charge in [-0.05, 0) is 73.3 Å². The van der Waals surface area contributed by atoms with E-state index in [-0.39, 0.29) is 18.2 Å². The second kappa shape index (κ2) is 8.93. The summed E-state index contributed by atoms with van der Waals surface area (Å²) in [6, 6.07) is 18.9. The zero-order valence-corrected chi connectivity index (χ0v) is 17.1. The summed E-state index contributed by atoms with van der Waals surface area (Å²) >= 11 is 0. The number of rotatable bonds is 6. The summed E-state index contributed by atoms with van der Waals surface area (Å²) < 4.78 is 0. The number of likely N-dealkylation sites (tertiary alicyclic amines) is 1. The predicted molar refractivity (Wildman–Crippen MR) is 118 cm³/mol. The lowest BCUT2D eigenvalue weighted by atomic mass is 9.89. The van der Waals surface area contributed by atoms with Crippen LogP contribution in [-0.4, -0.2) is 34.7 Å². The lowest BCUT2D eigenvalue weighted by molar-refractivity contribution is 0.0865. The second-order valence-electron chi connectivity index (χ2n) is 8.19. The van der Waals surface area contributed by atoms with Gasteiger partial charge in [0.2, 0.25) is 0 Å². The fourth-order valence-electron chi connectivity index (χ4n) is 4.58. The van der Waals surface area contributed by atoms with E-state index in [1.807, 2.05) is 19.1 Å². The van der Waals surface area contributed by atoms with Gasteiger partial charge in [-0.1, -0.05) is 49.4 Å². The van der Waals surface area contributed by atoms with Crippen molar-refractivity contribution in [3.05, 3.63) is 81.6 Å². The molecule has 2 N–H and O–H groups in total. The van der Waals surface area contributed by atoms with Gasteiger partial charge in [0, 0.05) is 11.1 Å². The Kier molecular flexibility index (Phi) is 6.12. The minimum absolute atomic E-state index is 0.0144. The van der Waals surface area contributed by atoms with Gasteiger partial charge in [0.05, 0.1) is 12.6 Å². The molecule has 1 saturated heterocycles. The molecule has 152 valence electrons. The van der Waals surface area contributed by atoms with E-state index in [1.54, 1.807) is 0 Å². The highest BCUT2D eigenvalue weighted by molar-refractivity contribution is 5.79. The monoisotopic (exact) mass is 390 g/mol. The first-order valence-corrected chi connectivity index (χ1v) is 10.7. The number of fused-ring (bicyclic) bond motifs is 1. The highest BCUT2D eigenvalue weighted by Gasteiger charge is 2.26. The molecule has 4 rings (SSSR count). The molecular weight excluding hydrogens is 360 g/mol. The maximum absolute atomic E-state index is 12.2. The van der Waals surface area contributed by atoms with Gasteiger partial charge in [-0.25, -0.2) is 0 Å². The quantitative estimate of drug-likeness (QED) is 0.667. The largest absolute Gasteiger partial charge is 0.394 e. The van der Waals surface area contributed by atoms with Crippen LogP contribution in [0.1, 0.15) is 42.5 Å². The van der Waals surface area contributed by atoms with Crippen LogP contribution in [0.4, 0.5) is 0 Å². The standard InChI is InChI=1S/C25H30N2O2/c1-2-20-15-21-8-9-22(16-23(21)26-25(20)29)24(17-28)27-12-10-19(11-13-27)14-18-6-4-3-5-7-18/h3-9,15-16,19,24,28H,2,10-14,17H2,1H3,(H,26,29). The second-order valence-corrected chi connectivity index (χ2v) is 8.19. The van der Waals surface area contributed by atoms with Crippen LogP contribution < -0.4 is 5.56 Å². The Hall–Kier alpha value is -2.43. The molecule has 29 heavy (non-hydrogen) atoms. The van der Waals surface area contributed by atoms with Crippen LogP contribution in [0, 0.1) is 5.92 Å². The number of benzene rings is 2. The number of aromatic amines is 1. The average molecular weight is 391 g/mol. The topological polar surface area (TPSA) is 56.3 Å². The van der Waals surface area contributed by atoms with E-state index in [4.69, 9.17) is 0 Å². The Morgan fingerprint density at radius 2 is 1.86 bits per heavy atom. The summed E-state index contributed by atoms with van der Waals surface area (Å²) in [6.07, 6.45) is 4.16. The molecule has 0 amide bonds. The fourth-order valence-corrected chi connectivity index (χ4v) is 4.58. The molecular formula is C25H30N2O2. The lowest BCUT2D eigenvalue weighted by Gasteiger charge is -2.37. The number of pyridine rings is 1. The van der Waals surface area contributed by atoms with Crippen LogP contribution in [-0.2, 0) is 12.8 Å². The Balaban J connectivity index is 1.47. The number of aliphatic hydroxyl groups excluding tert-OH is 1. The highest BCUT2D eigenvalue weighted by atomic mass is 16.3. The van der Waals surface area contributed by atoms with Crippen LogP contribution in [0.25, 0.3) is 10.9 Å². The number of piperidine rings is 1. The molecule has 1 aliphatic heterocycles. The van der Waals surface area contributed by atoms with E-state index in [0.29, 0.717) is 5.92 Å². The summed E-state index contributed by atoms with van der Waals surface area (Å²) in [5, 5.41) is 11.2. The van der Waals surface area contributed by atoms with Gasteiger partial charge in [0.25, 0.3) is 5.56 Å². The van der Waals surface area contributed by atoms with Crippen molar-refractivity contribution in [2.24, 2.45) is 5.92 Å². The van der Waals surface area contributed by atoms with Crippen molar-refractivity contribution in [2.75, 3.05) is 19.7 Å². The minimum Gasteiger partial charge on any atom is -0.394 e. The number of hydrogen-bond donors (Lipinski definition) is 2. The summed E-state index contributed by atoms with van der Waals surface area (Å²) in [5.41, 5.74) is 4.13. The van der Waals surface area contributed by atoms with Crippen molar-refractivity contribution in [2.45, 2.75) is 38.6 Å². The van der Waals surface area contributed by atoms with Crippen LogP contribution in [0.2, 0.25) is 0 Å². The van der Waals surface area contributed by atoms with Gasteiger partial charge in [-0.15, -0.1) is 0 Å². The van der Waals surface area contributed by atoms with Crippen molar-refractivity contribution in [3.63, 3.8) is 0 Å². The molecule has 1 fully saturated rings. The van der Waals surface area contributed by atoms with Gasteiger partial charge in [-0.2, -0.15) is 0 Å². The SMILES string of the molecule is CCc1cc2ccc(C(CO)N3CCC(Cc4ccccc4)CC3)cc2[nH]c1=O. The van der Waals surface area contributed by atoms with E-state index in [1.165, 1.54) is 5.56 Å². The molecule has 1 atom stereocenters. The number of H-pyrrole nitrogens is 1. The zero-order chi connectivity index (χ0) is 20.2. The Bertz CT molecular complexity index is 1000. The fraction of sp³-hybridized carbons (Fsp3) is 0.400. The molecule has 0 spiro atoms. The number of aliphatic hydroxyl groups is 1. The molecule has 4 heteroatoms. The first-order valence-electron chi connectivity index (χ1n) is 10.7. The van der Waals surface area contributed by atoms with Gasteiger partial charge in [0.15, 0.2) is 0 Å². The van der Waals surface area contributed by atoms with E-state index < -0.39 is 0 Å². The molecule has 4 nitrogen and oxygen atoms in total. The molecule has 0 bridgehead atoms. The predicted octanol–water partition coefficient (Wildman–Crippen LogP) is 4.08. The third-order valence-corrected chi connectivity index (χ3v) is 6.34. The third-order valence-electron chi connectivity index (χ3n) is 6.34. The third kappa shape index (κ3) is 4.44. The Morgan fingerprint density at radius 1 is 1.10 bits per heavy atom. The van der Waals surface area contributed by atoms with Crippen molar-refractivity contribution in [1.82, 2.24) is 9.88 Å².